The Morgan fingerprint density at radius 2 is 1.86 bits per heavy atom. The third kappa shape index (κ3) is 9.35. The summed E-state index contributed by atoms with van der Waals surface area (Å²) in [5.41, 5.74) is 0. The van der Waals surface area contributed by atoms with E-state index in [1.54, 1.807) is 6.92 Å². The minimum atomic E-state index is -4.05. The van der Waals surface area contributed by atoms with Crippen LogP contribution in [0.4, 0.5) is 0 Å². The number of hydrogen-bond donors (Lipinski definition) is 0. The molecule has 0 aromatic carbocycles. The number of rotatable bonds is 7. The van der Waals surface area contributed by atoms with E-state index in [1.165, 1.54) is 13.8 Å². The average molecular weight is 238 g/mol. The quantitative estimate of drug-likeness (QED) is 0.215. The van der Waals surface area contributed by atoms with Crippen molar-refractivity contribution in [2.24, 2.45) is 0 Å². The predicted molar refractivity (Wildman–Crippen MR) is 44.9 cm³/mol. The zero-order valence-electron chi connectivity index (χ0n) is 9.85. The summed E-state index contributed by atoms with van der Waals surface area (Å²) < 4.78 is 34.5. The van der Waals surface area contributed by atoms with Crippen LogP contribution in [0, 0.1) is 0 Å². The molecule has 0 bridgehead atoms. The topological polar surface area (TPSA) is 71.1 Å². The summed E-state index contributed by atoms with van der Waals surface area (Å²) >= 11 is 0. The minimum absolute atomic E-state index is 0. The Hall–Kier alpha value is 0.790. The molecule has 0 radical (unpaired) electrons. The van der Waals surface area contributed by atoms with Crippen LogP contribution >= 0.6 is 0 Å². The summed E-state index contributed by atoms with van der Waals surface area (Å²) in [7, 11) is -4.05. The first-order valence-electron chi connectivity index (χ1n) is 3.87. The Morgan fingerprint density at radius 1 is 1.29 bits per heavy atom. The van der Waals surface area contributed by atoms with E-state index in [0.29, 0.717) is 6.61 Å². The Kier molecular flexibility index (Phi) is 11.1. The van der Waals surface area contributed by atoms with Crippen molar-refractivity contribution in [2.75, 3.05) is 13.2 Å². The summed E-state index contributed by atoms with van der Waals surface area (Å²) in [5, 5.41) is 0. The smallest absolute Gasteiger partial charge is 1.00 e. The van der Waals surface area contributed by atoms with E-state index in [1.807, 2.05) is 0 Å². The molecule has 8 heteroatoms. The van der Waals surface area contributed by atoms with Crippen LogP contribution in [0.5, 0.6) is 0 Å². The van der Waals surface area contributed by atoms with Crippen molar-refractivity contribution in [1.82, 2.24) is 0 Å². The molecule has 0 aromatic rings. The Labute approximate surface area is 108 Å². The maximum absolute atomic E-state index is 10.7. The third-order valence-electron chi connectivity index (χ3n) is 0.922. The van der Waals surface area contributed by atoms with Crippen LogP contribution in [0.1, 0.15) is 22.2 Å². The van der Waals surface area contributed by atoms with Gasteiger partial charge in [0.25, 0.3) is 0 Å². The number of ether oxygens (including phenoxy) is 1. The third-order valence-corrected chi connectivity index (χ3v) is 1.69. The van der Waals surface area contributed by atoms with Gasteiger partial charge in [0.1, 0.15) is 0 Å². The fourth-order valence-electron chi connectivity index (χ4n) is 0.530. The molecular weight excluding hydrogens is 223 g/mol. The van der Waals surface area contributed by atoms with Gasteiger partial charge in [-0.15, -0.1) is 0 Å². The predicted octanol–water partition coefficient (Wildman–Crippen LogP) is -2.29. The summed E-state index contributed by atoms with van der Waals surface area (Å²) in [6, 6.07) is 0. The van der Waals surface area contributed by atoms with E-state index in [0.717, 1.165) is 0 Å². The molecule has 0 aromatic heterocycles. The molecule has 0 spiro atoms. The second-order valence-electron chi connectivity index (χ2n) is 2.00. The molecule has 0 aliphatic carbocycles. The van der Waals surface area contributed by atoms with Crippen LogP contribution < -0.4 is 29.6 Å². The monoisotopic (exact) mass is 238 g/mol. The molecule has 1 atom stereocenters. The van der Waals surface area contributed by atoms with Gasteiger partial charge in [0.05, 0.1) is 6.61 Å². The maximum Gasteiger partial charge on any atom is 1.00 e. The molecule has 0 N–H and O–H groups in total. The average Bonchev–Trinajstić information content (AvgIpc) is 2.02. The molecule has 0 saturated carbocycles. The van der Waals surface area contributed by atoms with Gasteiger partial charge in [-0.1, -0.05) is 4.33 Å². The van der Waals surface area contributed by atoms with E-state index >= 15 is 0 Å². The van der Waals surface area contributed by atoms with E-state index < -0.39 is 16.7 Å². The van der Waals surface area contributed by atoms with Crippen LogP contribution in [-0.4, -0.2) is 27.9 Å². The van der Waals surface area contributed by atoms with E-state index in [9.17, 15) is 8.42 Å². The fraction of sp³-hybridized carbons (Fsp3) is 1.00. The van der Waals surface area contributed by atoms with Crippen LogP contribution in [0.15, 0.2) is 0 Å². The SMILES string of the molecule is CCOC(C)OOS(=O)(=O)OCC.[H-].[Na+]. The summed E-state index contributed by atoms with van der Waals surface area (Å²) in [6.07, 6.45) is -0.750. The molecule has 14 heavy (non-hydrogen) atoms. The molecule has 82 valence electrons. The zero-order chi connectivity index (χ0) is 10.3. The minimum Gasteiger partial charge on any atom is -1.00 e. The Balaban J connectivity index is -0.000000720. The van der Waals surface area contributed by atoms with Crippen molar-refractivity contribution >= 4 is 10.4 Å². The second-order valence-corrected chi connectivity index (χ2v) is 3.19. The van der Waals surface area contributed by atoms with Gasteiger partial charge in [0.15, 0.2) is 6.29 Å². The standard InChI is InChI=1S/C6H14O6S.Na.H/c1-4-9-6(3)11-12-13(7,8)10-5-2;;/h6H,4-5H2,1-3H3;;/q;+1;-1. The molecule has 0 aliphatic rings. The largest absolute Gasteiger partial charge is 1.00 e. The Bertz CT molecular complexity index is 222. The van der Waals surface area contributed by atoms with Crippen molar-refractivity contribution in [2.45, 2.75) is 27.1 Å². The fourth-order valence-corrected chi connectivity index (χ4v) is 1.06. The van der Waals surface area contributed by atoms with Gasteiger partial charge in [-0.25, -0.2) is 4.18 Å². The normalized spacial score (nSPS) is 13.4. The number of hydrogen-bond acceptors (Lipinski definition) is 6. The van der Waals surface area contributed by atoms with Gasteiger partial charge in [-0.2, -0.15) is 13.3 Å². The van der Waals surface area contributed by atoms with Crippen molar-refractivity contribution in [3.8, 4) is 0 Å². The molecule has 0 rings (SSSR count). The van der Waals surface area contributed by atoms with Gasteiger partial charge < -0.3 is 6.16 Å². The van der Waals surface area contributed by atoms with Crippen LogP contribution in [-0.2, 0) is 28.5 Å². The van der Waals surface area contributed by atoms with Crippen molar-refractivity contribution in [3.05, 3.63) is 0 Å². The summed E-state index contributed by atoms with van der Waals surface area (Å²) in [4.78, 5) is 4.36. The van der Waals surface area contributed by atoms with Crippen LogP contribution in [0.2, 0.25) is 0 Å². The molecule has 0 aliphatic heterocycles. The van der Waals surface area contributed by atoms with Gasteiger partial charge in [-0.3, -0.25) is 0 Å². The first kappa shape index (κ1) is 17.2. The molecular formula is C6H15NaO6S. The van der Waals surface area contributed by atoms with Gasteiger partial charge in [-0.05, 0) is 20.8 Å². The van der Waals surface area contributed by atoms with Crippen LogP contribution in [0.25, 0.3) is 0 Å². The second kappa shape index (κ2) is 9.05. The van der Waals surface area contributed by atoms with Gasteiger partial charge in [0.2, 0.25) is 0 Å². The first-order valence-corrected chi connectivity index (χ1v) is 5.21. The van der Waals surface area contributed by atoms with Crippen molar-refractivity contribution in [3.63, 3.8) is 0 Å². The molecule has 1 unspecified atom stereocenters. The van der Waals surface area contributed by atoms with Gasteiger partial charge >= 0.3 is 40.0 Å². The van der Waals surface area contributed by atoms with E-state index in [2.05, 4.69) is 13.4 Å². The Morgan fingerprint density at radius 3 is 2.29 bits per heavy atom. The zero-order valence-corrected chi connectivity index (χ0v) is 11.7. The van der Waals surface area contributed by atoms with Crippen molar-refractivity contribution in [1.29, 1.82) is 0 Å². The maximum atomic E-state index is 10.7. The molecule has 6 nitrogen and oxygen atoms in total. The summed E-state index contributed by atoms with van der Waals surface area (Å²) in [6.45, 7) is 5.17. The first-order chi connectivity index (χ1) is 6.02. The molecule has 0 heterocycles. The van der Waals surface area contributed by atoms with Crippen molar-refractivity contribution < 1.29 is 57.5 Å². The van der Waals surface area contributed by atoms with Gasteiger partial charge in [0, 0.05) is 6.61 Å². The molecule has 0 saturated heterocycles. The summed E-state index contributed by atoms with van der Waals surface area (Å²) in [5.74, 6) is 0. The van der Waals surface area contributed by atoms with Crippen LogP contribution in [0.3, 0.4) is 0 Å². The van der Waals surface area contributed by atoms with E-state index in [4.69, 9.17) is 4.74 Å². The van der Waals surface area contributed by atoms with E-state index in [-0.39, 0.29) is 37.6 Å². The molecule has 0 amide bonds. The molecule has 0 fully saturated rings.